The molecule has 1 rings (SSSR count). The molecule has 5 heteroatoms. The Kier molecular flexibility index (Phi) is 2.71. The summed E-state index contributed by atoms with van der Waals surface area (Å²) < 4.78 is 1.69. The minimum Gasteiger partial charge on any atom is -0.396 e. The van der Waals surface area contributed by atoms with Crippen LogP contribution < -0.4 is 5.73 Å². The third-order valence-electron chi connectivity index (χ3n) is 0.996. The van der Waals surface area contributed by atoms with Crippen LogP contribution in [0.25, 0.3) is 0 Å². The SMILES string of the molecule is CC1=IC(Cl)=NC(Cl)=C1N. The van der Waals surface area contributed by atoms with Gasteiger partial charge in [-0.2, -0.15) is 0 Å². The normalized spacial score (nSPS) is 19.5. The maximum atomic E-state index is 5.68. The van der Waals surface area contributed by atoms with E-state index in [0.717, 1.165) is 3.51 Å². The van der Waals surface area contributed by atoms with Gasteiger partial charge in [-0.05, 0) is 27.7 Å². The van der Waals surface area contributed by atoms with Gasteiger partial charge in [0.1, 0.15) is 0 Å². The van der Waals surface area contributed by atoms with E-state index in [9.17, 15) is 0 Å². The Hall–Kier alpha value is 0.390. The fraction of sp³-hybridized carbons (Fsp3) is 0.200. The first-order valence-electron chi connectivity index (χ1n) is 2.49. The second-order valence-electron chi connectivity index (χ2n) is 1.68. The van der Waals surface area contributed by atoms with Gasteiger partial charge in [-0.15, -0.1) is 0 Å². The number of nitrogens with two attached hydrogens (primary N) is 1. The molecule has 0 aromatic rings. The molecule has 0 bridgehead atoms. The van der Waals surface area contributed by atoms with Gasteiger partial charge in [-0.25, -0.2) is 4.99 Å². The molecule has 0 unspecified atom stereocenters. The van der Waals surface area contributed by atoms with Crippen molar-refractivity contribution in [2.24, 2.45) is 10.7 Å². The van der Waals surface area contributed by atoms with Crippen LogP contribution in [0.2, 0.25) is 0 Å². The molecule has 1 aliphatic rings. The Morgan fingerprint density at radius 3 is 2.60 bits per heavy atom. The molecule has 2 N–H and O–H groups in total. The molecule has 0 aliphatic carbocycles. The molecule has 0 fully saturated rings. The molecule has 0 amide bonds. The largest absolute Gasteiger partial charge is 0.396 e. The lowest BCUT2D eigenvalue weighted by Gasteiger charge is -2.05. The van der Waals surface area contributed by atoms with Crippen molar-refractivity contribution in [2.75, 3.05) is 0 Å². The standard InChI is InChI=1S/C5H5Cl2IN2/c1-2-3(9)4(6)10-5(7)8-2/h9H2,1H3. The monoisotopic (exact) mass is 290 g/mol. The number of allylic oxidation sites excluding steroid dienone is 1. The van der Waals surface area contributed by atoms with Crippen molar-refractivity contribution in [2.45, 2.75) is 6.92 Å². The fourth-order valence-electron chi connectivity index (χ4n) is 0.466. The van der Waals surface area contributed by atoms with Gasteiger partial charge in [0.05, 0.1) is 5.70 Å². The first-order valence-corrected chi connectivity index (χ1v) is 5.41. The van der Waals surface area contributed by atoms with Crippen molar-refractivity contribution in [3.63, 3.8) is 0 Å². The highest BCUT2D eigenvalue weighted by Crippen LogP contribution is 2.23. The molecule has 2 nitrogen and oxygen atoms in total. The molecule has 0 atom stereocenters. The van der Waals surface area contributed by atoms with E-state index in [1.54, 1.807) is 0 Å². The number of nitrogens with zero attached hydrogens (tertiary/aromatic N) is 1. The smallest absolute Gasteiger partial charge is 0.163 e. The van der Waals surface area contributed by atoms with Crippen LogP contribution in [0, 0.1) is 0 Å². The Labute approximate surface area is 78.8 Å². The lowest BCUT2D eigenvalue weighted by atomic mass is 10.4. The van der Waals surface area contributed by atoms with Crippen LogP contribution in [0.4, 0.5) is 0 Å². The van der Waals surface area contributed by atoms with Crippen LogP contribution in [-0.2, 0) is 0 Å². The average Bonchev–Trinajstić information content (AvgIpc) is 1.82. The molecule has 0 saturated heterocycles. The molecule has 0 radical (unpaired) electrons. The number of hydrogen-bond donors (Lipinski definition) is 1. The van der Waals surface area contributed by atoms with Gasteiger partial charge in [0.15, 0.2) is 8.33 Å². The summed E-state index contributed by atoms with van der Waals surface area (Å²) in [6, 6.07) is 0. The number of rotatable bonds is 0. The van der Waals surface area contributed by atoms with E-state index in [1.807, 2.05) is 6.92 Å². The second-order valence-corrected chi connectivity index (χ2v) is 6.22. The summed E-state index contributed by atoms with van der Waals surface area (Å²) in [6.07, 6.45) is 0. The maximum absolute atomic E-state index is 5.68. The van der Waals surface area contributed by atoms with Crippen molar-refractivity contribution in [1.29, 1.82) is 0 Å². The van der Waals surface area contributed by atoms with Gasteiger partial charge in [0.25, 0.3) is 0 Å². The van der Waals surface area contributed by atoms with Crippen LogP contribution >= 0.6 is 43.9 Å². The number of aliphatic imine (C=N–C) groups is 1. The molecule has 0 aromatic carbocycles. The third kappa shape index (κ3) is 1.71. The zero-order valence-electron chi connectivity index (χ0n) is 5.16. The number of halogens is 3. The van der Waals surface area contributed by atoms with Gasteiger partial charge in [-0.1, -0.05) is 23.2 Å². The first-order chi connectivity index (χ1) is 4.61. The van der Waals surface area contributed by atoms with Crippen molar-refractivity contribution in [1.82, 2.24) is 0 Å². The zero-order valence-corrected chi connectivity index (χ0v) is 8.83. The van der Waals surface area contributed by atoms with E-state index in [0.29, 0.717) is 14.0 Å². The van der Waals surface area contributed by atoms with Gasteiger partial charge in [0.2, 0.25) is 0 Å². The van der Waals surface area contributed by atoms with Crippen molar-refractivity contribution in [3.05, 3.63) is 10.9 Å². The lowest BCUT2D eigenvalue weighted by Crippen LogP contribution is -2.10. The maximum Gasteiger partial charge on any atom is 0.163 e. The summed E-state index contributed by atoms with van der Waals surface area (Å²) in [5.74, 6) is 0. The molecule has 0 saturated carbocycles. The summed E-state index contributed by atoms with van der Waals surface area (Å²) in [4.78, 5) is 3.84. The Bertz CT molecular complexity index is 252. The van der Waals surface area contributed by atoms with E-state index < -0.39 is 0 Å². The Balaban J connectivity index is 3.13. The lowest BCUT2D eigenvalue weighted by molar-refractivity contribution is 1.38. The molecule has 1 heterocycles. The van der Waals surface area contributed by atoms with Gasteiger partial charge in [-0.3, -0.25) is 0 Å². The summed E-state index contributed by atoms with van der Waals surface area (Å²) in [5.41, 5.74) is 6.15. The molecule has 0 spiro atoms. The van der Waals surface area contributed by atoms with Gasteiger partial charge >= 0.3 is 0 Å². The molecule has 56 valence electrons. The summed E-state index contributed by atoms with van der Waals surface area (Å²) in [5, 5.41) is 0.327. The van der Waals surface area contributed by atoms with Crippen LogP contribution in [0.5, 0.6) is 0 Å². The molecular formula is C5H5Cl2IN2. The minimum absolute atomic E-state index is 0.313. The van der Waals surface area contributed by atoms with E-state index in [1.165, 1.54) is 0 Å². The zero-order chi connectivity index (χ0) is 7.72. The summed E-state index contributed by atoms with van der Waals surface area (Å²) in [6.45, 7) is 1.93. The van der Waals surface area contributed by atoms with Crippen LogP contribution in [0.1, 0.15) is 6.92 Å². The van der Waals surface area contributed by atoms with Crippen molar-refractivity contribution in [3.8, 4) is 0 Å². The van der Waals surface area contributed by atoms with Crippen LogP contribution in [0.3, 0.4) is 0 Å². The topological polar surface area (TPSA) is 38.4 Å². The molecule has 10 heavy (non-hydrogen) atoms. The Morgan fingerprint density at radius 1 is 1.50 bits per heavy atom. The van der Waals surface area contributed by atoms with Gasteiger partial charge < -0.3 is 5.73 Å². The molecule has 0 aromatic heterocycles. The predicted octanol–water partition coefficient (Wildman–Crippen LogP) is 2.12. The van der Waals surface area contributed by atoms with Crippen molar-refractivity contribution >= 4 is 50.6 Å². The van der Waals surface area contributed by atoms with Crippen LogP contribution in [-0.4, -0.2) is 6.69 Å². The van der Waals surface area contributed by atoms with Crippen LogP contribution in [0.15, 0.2) is 15.8 Å². The molecular weight excluding hydrogens is 286 g/mol. The fourth-order valence-corrected chi connectivity index (χ4v) is 3.42. The second kappa shape index (κ2) is 3.19. The van der Waals surface area contributed by atoms with E-state index in [2.05, 4.69) is 4.99 Å². The minimum atomic E-state index is -0.313. The number of hydrogen-bond acceptors (Lipinski definition) is 2. The molecule has 1 aliphatic heterocycles. The van der Waals surface area contributed by atoms with Gasteiger partial charge in [0, 0.05) is 3.51 Å². The summed E-state index contributed by atoms with van der Waals surface area (Å²) >= 11 is 11.0. The third-order valence-corrected chi connectivity index (χ3v) is 3.92. The average molecular weight is 291 g/mol. The predicted molar refractivity (Wildman–Crippen MR) is 55.1 cm³/mol. The van der Waals surface area contributed by atoms with E-state index in [-0.39, 0.29) is 20.7 Å². The highest BCUT2D eigenvalue weighted by atomic mass is 127. The highest BCUT2D eigenvalue weighted by molar-refractivity contribution is 14.2. The Morgan fingerprint density at radius 2 is 2.10 bits per heavy atom. The van der Waals surface area contributed by atoms with Crippen molar-refractivity contribution < 1.29 is 0 Å². The van der Waals surface area contributed by atoms with E-state index >= 15 is 0 Å². The first kappa shape index (κ1) is 8.49. The van der Waals surface area contributed by atoms with E-state index in [4.69, 9.17) is 28.9 Å². The quantitative estimate of drug-likeness (QED) is 0.539. The highest BCUT2D eigenvalue weighted by Gasteiger charge is 2.08. The summed E-state index contributed by atoms with van der Waals surface area (Å²) in [7, 11) is 0.